The average Bonchev–Trinajstić information content (AvgIpc) is 2.06. The van der Waals surface area contributed by atoms with Crippen molar-refractivity contribution in [3.8, 4) is 0 Å². The summed E-state index contributed by atoms with van der Waals surface area (Å²) in [7, 11) is 0. The van der Waals surface area contributed by atoms with E-state index in [1.165, 1.54) is 6.42 Å². The van der Waals surface area contributed by atoms with E-state index in [2.05, 4.69) is 5.32 Å². The normalized spacial score (nSPS) is 16.0. The third-order valence-corrected chi connectivity index (χ3v) is 2.65. The lowest BCUT2D eigenvalue weighted by atomic mass is 9.85. The van der Waals surface area contributed by atoms with Crippen LogP contribution in [0.25, 0.3) is 0 Å². The second-order valence-electron chi connectivity index (χ2n) is 3.74. The number of rotatable bonds is 2. The first-order chi connectivity index (χ1) is 6.75. The first-order valence-corrected chi connectivity index (χ1v) is 4.92. The van der Waals surface area contributed by atoms with Gasteiger partial charge in [0.2, 0.25) is 5.91 Å². The van der Waals surface area contributed by atoms with Crippen LogP contribution in [0.3, 0.4) is 0 Å². The second-order valence-corrected chi connectivity index (χ2v) is 3.74. The molecule has 0 aromatic heterocycles. The Bertz CT molecular complexity index is 328. The highest BCUT2D eigenvalue weighted by Crippen LogP contribution is 2.27. The van der Waals surface area contributed by atoms with Crippen molar-refractivity contribution in [3.05, 3.63) is 24.3 Å². The number of nitrogen functional groups attached to an aromatic ring is 1. The lowest BCUT2D eigenvalue weighted by Crippen LogP contribution is -2.27. The molecule has 0 unspecified atom stereocenters. The van der Waals surface area contributed by atoms with Crippen LogP contribution in [0, 0.1) is 5.92 Å². The van der Waals surface area contributed by atoms with Crippen molar-refractivity contribution in [2.45, 2.75) is 19.3 Å². The van der Waals surface area contributed by atoms with E-state index >= 15 is 0 Å². The van der Waals surface area contributed by atoms with E-state index in [1.54, 1.807) is 12.1 Å². The van der Waals surface area contributed by atoms with E-state index in [1.807, 2.05) is 12.1 Å². The summed E-state index contributed by atoms with van der Waals surface area (Å²) < 4.78 is 0. The minimum atomic E-state index is 0.140. The van der Waals surface area contributed by atoms with Crippen LogP contribution in [0.4, 0.5) is 11.4 Å². The van der Waals surface area contributed by atoms with Crippen LogP contribution in [0.5, 0.6) is 0 Å². The van der Waals surface area contributed by atoms with Crippen molar-refractivity contribution in [1.82, 2.24) is 0 Å². The predicted molar refractivity (Wildman–Crippen MR) is 56.8 cm³/mol. The molecule has 1 aliphatic carbocycles. The zero-order valence-corrected chi connectivity index (χ0v) is 7.99. The molecule has 0 spiro atoms. The number of carbonyl (C=O) groups is 1. The number of carbonyl (C=O) groups excluding carboxylic acids is 1. The Morgan fingerprint density at radius 2 is 1.93 bits per heavy atom. The van der Waals surface area contributed by atoms with E-state index < -0.39 is 0 Å². The summed E-state index contributed by atoms with van der Waals surface area (Å²) in [6.07, 6.45) is 3.24. The Morgan fingerprint density at radius 3 is 2.43 bits per heavy atom. The van der Waals surface area contributed by atoms with Crippen molar-refractivity contribution in [2.75, 3.05) is 11.1 Å². The summed E-state index contributed by atoms with van der Waals surface area (Å²) in [5.74, 6) is 0.369. The summed E-state index contributed by atoms with van der Waals surface area (Å²) >= 11 is 0. The van der Waals surface area contributed by atoms with Gasteiger partial charge in [-0.05, 0) is 37.1 Å². The molecule has 1 aromatic carbocycles. The van der Waals surface area contributed by atoms with Crippen LogP contribution < -0.4 is 11.1 Å². The first-order valence-electron chi connectivity index (χ1n) is 4.92. The number of nitrogens with two attached hydrogens (primary N) is 1. The van der Waals surface area contributed by atoms with Gasteiger partial charge in [0.15, 0.2) is 0 Å². The Morgan fingerprint density at radius 1 is 1.29 bits per heavy atom. The van der Waals surface area contributed by atoms with Gasteiger partial charge < -0.3 is 11.1 Å². The molecule has 3 heteroatoms. The van der Waals surface area contributed by atoms with Crippen molar-refractivity contribution in [3.63, 3.8) is 0 Å². The molecule has 1 fully saturated rings. The highest BCUT2D eigenvalue weighted by atomic mass is 16.1. The zero-order valence-electron chi connectivity index (χ0n) is 7.99. The maximum absolute atomic E-state index is 11.5. The molecule has 2 rings (SSSR count). The molecule has 1 saturated carbocycles. The second kappa shape index (κ2) is 3.70. The molecule has 74 valence electrons. The van der Waals surface area contributed by atoms with Crippen LogP contribution in [-0.2, 0) is 4.79 Å². The molecule has 0 saturated heterocycles. The van der Waals surface area contributed by atoms with Gasteiger partial charge in [0.05, 0.1) is 0 Å². The van der Waals surface area contributed by atoms with Crippen LogP contribution in [0.1, 0.15) is 19.3 Å². The van der Waals surface area contributed by atoms with Crippen LogP contribution in [-0.4, -0.2) is 5.91 Å². The number of nitrogens with one attached hydrogen (secondary N) is 1. The summed E-state index contributed by atoms with van der Waals surface area (Å²) in [6.45, 7) is 0. The third kappa shape index (κ3) is 1.87. The summed E-state index contributed by atoms with van der Waals surface area (Å²) in [4.78, 5) is 11.5. The smallest absolute Gasteiger partial charge is 0.227 e. The molecule has 1 aromatic rings. The lowest BCUT2D eigenvalue weighted by molar-refractivity contribution is -0.122. The van der Waals surface area contributed by atoms with E-state index in [0.717, 1.165) is 18.5 Å². The molecular weight excluding hydrogens is 176 g/mol. The van der Waals surface area contributed by atoms with Gasteiger partial charge in [0.1, 0.15) is 0 Å². The SMILES string of the molecule is Nc1ccc(NC(=O)C2CCC2)cc1. The van der Waals surface area contributed by atoms with Gasteiger partial charge >= 0.3 is 0 Å². The Hall–Kier alpha value is -1.51. The van der Waals surface area contributed by atoms with E-state index in [-0.39, 0.29) is 11.8 Å². The average molecular weight is 190 g/mol. The maximum Gasteiger partial charge on any atom is 0.227 e. The molecule has 0 radical (unpaired) electrons. The topological polar surface area (TPSA) is 55.1 Å². The largest absolute Gasteiger partial charge is 0.399 e. The quantitative estimate of drug-likeness (QED) is 0.701. The summed E-state index contributed by atoms with van der Waals surface area (Å²) in [6, 6.07) is 7.23. The van der Waals surface area contributed by atoms with Crippen molar-refractivity contribution in [2.24, 2.45) is 5.92 Å². The molecule has 14 heavy (non-hydrogen) atoms. The molecule has 3 nitrogen and oxygen atoms in total. The van der Waals surface area contributed by atoms with E-state index in [0.29, 0.717) is 5.69 Å². The molecule has 0 heterocycles. The predicted octanol–water partition coefficient (Wildman–Crippen LogP) is 2.01. The fourth-order valence-electron chi connectivity index (χ4n) is 1.48. The lowest BCUT2D eigenvalue weighted by Gasteiger charge is -2.23. The summed E-state index contributed by atoms with van der Waals surface area (Å²) in [5.41, 5.74) is 7.09. The van der Waals surface area contributed by atoms with Crippen molar-refractivity contribution < 1.29 is 4.79 Å². The van der Waals surface area contributed by atoms with Crippen LogP contribution in [0.2, 0.25) is 0 Å². The Kier molecular flexibility index (Phi) is 2.39. The van der Waals surface area contributed by atoms with Gasteiger partial charge in [0, 0.05) is 17.3 Å². The standard InChI is InChI=1S/C11H14N2O/c12-9-4-6-10(7-5-9)13-11(14)8-2-1-3-8/h4-8H,1-3,12H2,(H,13,14). The molecule has 0 bridgehead atoms. The minimum Gasteiger partial charge on any atom is -0.399 e. The van der Waals surface area contributed by atoms with Gasteiger partial charge in [-0.2, -0.15) is 0 Å². The van der Waals surface area contributed by atoms with Crippen LogP contribution >= 0.6 is 0 Å². The first kappa shape index (κ1) is 9.06. The van der Waals surface area contributed by atoms with E-state index in [9.17, 15) is 4.79 Å². The molecule has 3 N–H and O–H groups in total. The monoisotopic (exact) mass is 190 g/mol. The minimum absolute atomic E-state index is 0.140. The maximum atomic E-state index is 11.5. The van der Waals surface area contributed by atoms with Gasteiger partial charge in [-0.1, -0.05) is 6.42 Å². The summed E-state index contributed by atoms with van der Waals surface area (Å²) in [5, 5.41) is 2.88. The van der Waals surface area contributed by atoms with Gasteiger partial charge in [-0.15, -0.1) is 0 Å². The Balaban J connectivity index is 1.96. The molecule has 0 aliphatic heterocycles. The number of amides is 1. The number of benzene rings is 1. The van der Waals surface area contributed by atoms with Crippen molar-refractivity contribution >= 4 is 17.3 Å². The molecule has 1 amide bonds. The number of hydrogen-bond acceptors (Lipinski definition) is 2. The molecule has 0 atom stereocenters. The van der Waals surface area contributed by atoms with Gasteiger partial charge in [-0.3, -0.25) is 4.79 Å². The van der Waals surface area contributed by atoms with Crippen LogP contribution in [0.15, 0.2) is 24.3 Å². The van der Waals surface area contributed by atoms with Gasteiger partial charge in [0.25, 0.3) is 0 Å². The fourth-order valence-corrected chi connectivity index (χ4v) is 1.48. The highest BCUT2D eigenvalue weighted by Gasteiger charge is 2.24. The third-order valence-electron chi connectivity index (χ3n) is 2.65. The fraction of sp³-hybridized carbons (Fsp3) is 0.364. The highest BCUT2D eigenvalue weighted by molar-refractivity contribution is 5.93. The van der Waals surface area contributed by atoms with Gasteiger partial charge in [-0.25, -0.2) is 0 Å². The Labute approximate surface area is 83.3 Å². The number of anilines is 2. The molecular formula is C11H14N2O. The van der Waals surface area contributed by atoms with Crippen molar-refractivity contribution in [1.29, 1.82) is 0 Å². The zero-order chi connectivity index (χ0) is 9.97. The van der Waals surface area contributed by atoms with E-state index in [4.69, 9.17) is 5.73 Å². The molecule has 1 aliphatic rings. The number of hydrogen-bond donors (Lipinski definition) is 2.